The third-order valence-corrected chi connectivity index (χ3v) is 5.67. The van der Waals surface area contributed by atoms with Crippen LogP contribution in [0.15, 0.2) is 70.5 Å². The second kappa shape index (κ2) is 11.3. The van der Waals surface area contributed by atoms with Gasteiger partial charge in [0.2, 0.25) is 5.91 Å². The average molecular weight is 450 g/mol. The minimum Gasteiger partial charge on any atom is -0.468 e. The Balaban J connectivity index is 1.29. The van der Waals surface area contributed by atoms with Crippen LogP contribution in [-0.4, -0.2) is 53.2 Å². The van der Waals surface area contributed by atoms with Crippen LogP contribution < -0.4 is 16.0 Å². The molecule has 3 heterocycles. The highest BCUT2D eigenvalue weighted by Crippen LogP contribution is 2.24. The summed E-state index contributed by atoms with van der Waals surface area (Å²) in [5, 5.41) is 13.8. The smallest absolute Gasteiger partial charge is 0.246 e. The first kappa shape index (κ1) is 22.6. The lowest BCUT2D eigenvalue weighted by atomic mass is 10.2. The number of anilines is 1. The molecule has 1 saturated heterocycles. The Labute approximate surface area is 193 Å². The molecule has 0 spiro atoms. The van der Waals surface area contributed by atoms with E-state index in [1.807, 2.05) is 36.4 Å². The summed E-state index contributed by atoms with van der Waals surface area (Å²) >= 11 is 0. The maximum absolute atomic E-state index is 12.2. The number of hydrogen-bond acceptors (Lipinski definition) is 5. The molecule has 1 aromatic carbocycles. The maximum atomic E-state index is 12.2. The number of furan rings is 1. The van der Waals surface area contributed by atoms with Gasteiger partial charge in [0, 0.05) is 38.2 Å². The van der Waals surface area contributed by atoms with Crippen LogP contribution in [0.4, 0.5) is 5.69 Å². The van der Waals surface area contributed by atoms with Crippen LogP contribution in [-0.2, 0) is 17.9 Å². The van der Waals surface area contributed by atoms with Gasteiger partial charge in [-0.05, 0) is 61.8 Å². The molecule has 33 heavy (non-hydrogen) atoms. The lowest BCUT2D eigenvalue weighted by molar-refractivity contribution is -0.116. The zero-order chi connectivity index (χ0) is 22.9. The number of carbonyl (C=O) groups excluding carboxylic acids is 1. The van der Waals surface area contributed by atoms with Crippen LogP contribution in [0.2, 0.25) is 0 Å². The second-order valence-corrected chi connectivity index (χ2v) is 8.03. The van der Waals surface area contributed by atoms with Gasteiger partial charge in [0.1, 0.15) is 12.3 Å². The van der Waals surface area contributed by atoms with Crippen molar-refractivity contribution in [1.82, 2.24) is 25.3 Å². The van der Waals surface area contributed by atoms with Crippen LogP contribution in [0.3, 0.4) is 0 Å². The first-order chi connectivity index (χ1) is 16.2. The van der Waals surface area contributed by atoms with E-state index in [2.05, 4.69) is 30.9 Å². The molecule has 1 amide bonds. The predicted octanol–water partition coefficient (Wildman–Crippen LogP) is 2.62. The van der Waals surface area contributed by atoms with Gasteiger partial charge in [-0.1, -0.05) is 12.1 Å². The molecular formula is C24H31N7O2. The number of nitrogens with one attached hydrogen (secondary N) is 3. The van der Waals surface area contributed by atoms with Gasteiger partial charge in [-0.2, -0.15) is 5.10 Å². The van der Waals surface area contributed by atoms with Crippen molar-refractivity contribution in [2.45, 2.75) is 32.0 Å². The van der Waals surface area contributed by atoms with Crippen molar-refractivity contribution in [2.75, 3.05) is 32.0 Å². The Bertz CT molecular complexity index is 1030. The van der Waals surface area contributed by atoms with E-state index in [4.69, 9.17) is 4.42 Å². The Hall–Kier alpha value is -3.59. The van der Waals surface area contributed by atoms with Crippen molar-refractivity contribution < 1.29 is 9.21 Å². The normalized spacial score (nSPS) is 15.4. The monoisotopic (exact) mass is 449 g/mol. The lowest BCUT2D eigenvalue weighted by Gasteiger charge is -2.26. The fourth-order valence-corrected chi connectivity index (χ4v) is 4.04. The maximum Gasteiger partial charge on any atom is 0.246 e. The van der Waals surface area contributed by atoms with Crippen LogP contribution in [0.25, 0.3) is 0 Å². The molecule has 3 N–H and O–H groups in total. The first-order valence-corrected chi connectivity index (χ1v) is 11.3. The number of benzene rings is 1. The number of carbonyl (C=O) groups is 1. The molecule has 1 unspecified atom stereocenters. The van der Waals surface area contributed by atoms with E-state index in [0.717, 1.165) is 36.1 Å². The third kappa shape index (κ3) is 6.45. The Morgan fingerprint density at radius 3 is 2.79 bits per heavy atom. The molecular weight excluding hydrogens is 418 g/mol. The summed E-state index contributed by atoms with van der Waals surface area (Å²) in [6.07, 6.45) is 7.59. The molecule has 0 aliphatic carbocycles. The largest absolute Gasteiger partial charge is 0.468 e. The van der Waals surface area contributed by atoms with Gasteiger partial charge in [-0.25, -0.2) is 0 Å². The summed E-state index contributed by atoms with van der Waals surface area (Å²) in [5.74, 6) is 1.57. The number of nitrogens with zero attached hydrogens (tertiary/aromatic N) is 4. The zero-order valence-electron chi connectivity index (χ0n) is 18.9. The van der Waals surface area contributed by atoms with E-state index in [1.54, 1.807) is 36.5 Å². The molecule has 0 saturated carbocycles. The predicted molar refractivity (Wildman–Crippen MR) is 128 cm³/mol. The second-order valence-electron chi connectivity index (χ2n) is 8.03. The van der Waals surface area contributed by atoms with Gasteiger partial charge in [0.05, 0.1) is 12.3 Å². The Morgan fingerprint density at radius 2 is 2.06 bits per heavy atom. The number of hydrogen-bond donors (Lipinski definition) is 3. The number of rotatable bonds is 9. The molecule has 174 valence electrons. The summed E-state index contributed by atoms with van der Waals surface area (Å²) in [7, 11) is 1.76. The van der Waals surface area contributed by atoms with Crippen molar-refractivity contribution in [3.63, 3.8) is 0 Å². The summed E-state index contributed by atoms with van der Waals surface area (Å²) in [5.41, 5.74) is 1.79. The van der Waals surface area contributed by atoms with Crippen LogP contribution >= 0.6 is 0 Å². The van der Waals surface area contributed by atoms with Crippen molar-refractivity contribution in [2.24, 2.45) is 4.99 Å². The molecule has 1 aliphatic heterocycles. The van der Waals surface area contributed by atoms with Gasteiger partial charge in [-0.15, -0.1) is 0 Å². The van der Waals surface area contributed by atoms with Gasteiger partial charge in [0.15, 0.2) is 5.96 Å². The van der Waals surface area contributed by atoms with E-state index in [0.29, 0.717) is 13.1 Å². The fourth-order valence-electron chi connectivity index (χ4n) is 4.04. The summed E-state index contributed by atoms with van der Waals surface area (Å²) < 4.78 is 7.29. The van der Waals surface area contributed by atoms with Crippen molar-refractivity contribution in [3.05, 3.63) is 72.4 Å². The van der Waals surface area contributed by atoms with Crippen LogP contribution in [0.1, 0.15) is 30.2 Å². The van der Waals surface area contributed by atoms with Gasteiger partial charge >= 0.3 is 0 Å². The summed E-state index contributed by atoms with van der Waals surface area (Å²) in [6.45, 7) is 3.63. The highest BCUT2D eigenvalue weighted by atomic mass is 16.3. The SMILES string of the molecule is CN=C(NCc1cccc(NC(=O)Cn2cccn2)c1)NCC(c1ccco1)N1CCCC1. The van der Waals surface area contributed by atoms with E-state index >= 15 is 0 Å². The fraction of sp³-hybridized carbons (Fsp3) is 0.375. The highest BCUT2D eigenvalue weighted by Gasteiger charge is 2.25. The summed E-state index contributed by atoms with van der Waals surface area (Å²) in [6, 6.07) is 13.7. The van der Waals surface area contributed by atoms with E-state index < -0.39 is 0 Å². The zero-order valence-corrected chi connectivity index (χ0v) is 18.9. The lowest BCUT2D eigenvalue weighted by Crippen LogP contribution is -2.42. The van der Waals surface area contributed by atoms with Gasteiger partial charge in [-0.3, -0.25) is 19.4 Å². The molecule has 0 bridgehead atoms. The number of aromatic nitrogens is 2. The molecule has 0 radical (unpaired) electrons. The standard InChI is InChI=1S/C24H31N7O2/c1-25-24(27-17-21(22-9-5-14-33-22)30-11-2-3-12-30)26-16-19-7-4-8-20(15-19)29-23(32)18-31-13-6-10-28-31/h4-10,13-15,21H,2-3,11-12,16-18H2,1H3,(H,29,32)(H2,25,26,27). The number of likely N-dealkylation sites (tertiary alicyclic amines) is 1. The van der Waals surface area contributed by atoms with E-state index in [9.17, 15) is 4.79 Å². The number of guanidine groups is 1. The topological polar surface area (TPSA) is 99.7 Å². The average Bonchev–Trinajstić information content (AvgIpc) is 3.61. The number of aliphatic imine (C=N–C) groups is 1. The van der Waals surface area contributed by atoms with Crippen LogP contribution in [0.5, 0.6) is 0 Å². The summed E-state index contributed by atoms with van der Waals surface area (Å²) in [4.78, 5) is 19.0. The van der Waals surface area contributed by atoms with Crippen molar-refractivity contribution in [1.29, 1.82) is 0 Å². The van der Waals surface area contributed by atoms with Crippen molar-refractivity contribution in [3.8, 4) is 0 Å². The van der Waals surface area contributed by atoms with Crippen LogP contribution in [0, 0.1) is 0 Å². The first-order valence-electron chi connectivity index (χ1n) is 11.3. The highest BCUT2D eigenvalue weighted by molar-refractivity contribution is 5.90. The molecule has 9 heteroatoms. The minimum atomic E-state index is -0.118. The molecule has 4 rings (SSSR count). The third-order valence-electron chi connectivity index (χ3n) is 5.67. The Kier molecular flexibility index (Phi) is 7.76. The van der Waals surface area contributed by atoms with Crippen molar-refractivity contribution >= 4 is 17.6 Å². The van der Waals surface area contributed by atoms with Gasteiger partial charge < -0.3 is 20.4 Å². The quantitative estimate of drug-likeness (QED) is 0.343. The Morgan fingerprint density at radius 1 is 1.18 bits per heavy atom. The number of amides is 1. The minimum absolute atomic E-state index is 0.118. The molecule has 1 aliphatic rings. The van der Waals surface area contributed by atoms with Gasteiger partial charge in [0.25, 0.3) is 0 Å². The van der Waals surface area contributed by atoms with E-state index in [1.165, 1.54) is 12.8 Å². The molecule has 9 nitrogen and oxygen atoms in total. The molecule has 2 aromatic heterocycles. The molecule has 1 fully saturated rings. The molecule has 3 aromatic rings. The molecule has 1 atom stereocenters. The van der Waals surface area contributed by atoms with E-state index in [-0.39, 0.29) is 18.5 Å².